The van der Waals surface area contributed by atoms with Gasteiger partial charge in [0.15, 0.2) is 6.29 Å². The molecule has 0 amide bonds. The van der Waals surface area contributed by atoms with Crippen LogP contribution in [0.3, 0.4) is 0 Å². The van der Waals surface area contributed by atoms with Gasteiger partial charge in [0.1, 0.15) is 7.11 Å². The number of nitrogens with zero attached hydrogens (tertiary/aromatic N) is 5. The van der Waals surface area contributed by atoms with E-state index in [-0.39, 0.29) is 57.4 Å². The number of carbonyl (C=O) groups is 1. The Kier molecular flexibility index (Phi) is 26.5. The van der Waals surface area contributed by atoms with Crippen LogP contribution in [0.15, 0.2) is 97.8 Å². The monoisotopic (exact) mass is 892 g/mol. The van der Waals surface area contributed by atoms with E-state index in [0.29, 0.717) is 14.5 Å². The van der Waals surface area contributed by atoms with Crippen LogP contribution in [-0.2, 0) is 9.68 Å². The molecule has 0 aliphatic carbocycles. The van der Waals surface area contributed by atoms with Crippen LogP contribution in [0.4, 0.5) is 12.9 Å². The number of hydrogen-bond acceptors (Lipinski definition) is 9. The van der Waals surface area contributed by atoms with E-state index in [1.54, 1.807) is 49.5 Å². The molecule has 0 radical (unpaired) electrons. The maximum Gasteiger partial charge on any atom is 1.00 e. The van der Waals surface area contributed by atoms with Gasteiger partial charge in [0, 0.05) is 94.9 Å². The Bertz CT molecular complexity index is 1470. The molecular weight excluding hydrogens is 871 g/mol. The number of aldehydes is 1. The first-order valence-corrected chi connectivity index (χ1v) is 14.5. The smallest absolute Gasteiger partial charge is 0.445 e. The molecule has 4 aromatic heterocycles. The Labute approximate surface area is 329 Å². The number of fused-ring (bicyclic) bond motifs is 1. The van der Waals surface area contributed by atoms with Crippen LogP contribution in [0.2, 0.25) is 0 Å². The van der Waals surface area contributed by atoms with Crippen molar-refractivity contribution in [2.24, 2.45) is 11.1 Å². The minimum atomic E-state index is -4.72. The molecule has 0 aromatic carbocycles. The molecule has 0 unspecified atom stereocenters. The molecule has 0 aliphatic heterocycles. The summed E-state index contributed by atoms with van der Waals surface area (Å²) in [5, 5.41) is 5.89. The van der Waals surface area contributed by atoms with Gasteiger partial charge in [-0.15, -0.1) is 6.58 Å². The van der Waals surface area contributed by atoms with E-state index in [9.17, 15) is 17.7 Å². The van der Waals surface area contributed by atoms with Crippen molar-refractivity contribution in [3.05, 3.63) is 109 Å². The third kappa shape index (κ3) is 18.7. The minimum absolute atomic E-state index is 0. The number of aromatic nitrogens is 4. The summed E-state index contributed by atoms with van der Waals surface area (Å²) in [7, 11) is 2.90. The van der Waals surface area contributed by atoms with Crippen LogP contribution in [0.1, 0.15) is 21.5 Å². The van der Waals surface area contributed by atoms with E-state index in [1.165, 1.54) is 14.2 Å². The van der Waals surface area contributed by atoms with Crippen molar-refractivity contribution < 1.29 is 78.8 Å². The average Bonchev–Trinajstić information content (AvgIpc) is 2.98. The summed E-state index contributed by atoms with van der Waals surface area (Å²) in [5.74, 6) is 4.35. The van der Waals surface area contributed by atoms with Crippen LogP contribution < -0.4 is 57.3 Å². The third-order valence-electron chi connectivity index (χ3n) is 4.27. The molecule has 0 saturated carbocycles. The number of pyridine rings is 4. The van der Waals surface area contributed by atoms with Gasteiger partial charge < -0.3 is 22.6 Å². The van der Waals surface area contributed by atoms with E-state index in [1.807, 2.05) is 18.5 Å². The number of rotatable bonds is 5. The van der Waals surface area contributed by atoms with Gasteiger partial charge in [0.25, 0.3) is 0 Å². The van der Waals surface area contributed by atoms with Crippen LogP contribution in [0.5, 0.6) is 0 Å². The largest absolute Gasteiger partial charge is 1.00 e. The molecule has 4 aromatic rings. The van der Waals surface area contributed by atoms with Gasteiger partial charge in [0.2, 0.25) is 0 Å². The normalized spacial score (nSPS) is 9.68. The number of hydrogen-bond donors (Lipinski definition) is 1. The van der Waals surface area contributed by atoms with E-state index in [0.717, 1.165) is 37.1 Å². The Morgan fingerprint density at radius 3 is 1.75 bits per heavy atom. The summed E-state index contributed by atoms with van der Waals surface area (Å²) in [6.07, 6.45) is 17.8. The van der Waals surface area contributed by atoms with Gasteiger partial charge in [-0.1, -0.05) is 17.8 Å². The summed E-state index contributed by atoms with van der Waals surface area (Å²) in [4.78, 5) is 34.6. The van der Waals surface area contributed by atoms with Crippen molar-refractivity contribution in [2.45, 2.75) is 0 Å². The van der Waals surface area contributed by atoms with Crippen LogP contribution in [0.25, 0.3) is 16.8 Å². The molecule has 9 nitrogen and oxygen atoms in total. The fourth-order valence-electron chi connectivity index (χ4n) is 2.37. The van der Waals surface area contributed by atoms with Crippen molar-refractivity contribution in [3.63, 3.8) is 0 Å². The molecule has 18 heteroatoms. The maximum atomic E-state index is 10.7. The molecule has 4 rings (SSSR count). The Hall–Kier alpha value is -1.19. The first-order valence-electron chi connectivity index (χ1n) is 11.4. The van der Waals surface area contributed by atoms with Crippen molar-refractivity contribution in [2.75, 3.05) is 14.2 Å². The predicted octanol–water partition coefficient (Wildman–Crippen LogP) is 5.35. The second-order valence-electron chi connectivity index (χ2n) is 7.20. The molecule has 2 N–H and O–H groups in total. The molecule has 4 heterocycles. The second kappa shape index (κ2) is 25.9. The zero-order valence-corrected chi connectivity index (χ0v) is 33.1. The van der Waals surface area contributed by atoms with E-state index < -0.39 is 6.98 Å². The van der Waals surface area contributed by atoms with Gasteiger partial charge in [0.05, 0.1) is 13.3 Å². The fourth-order valence-corrected chi connectivity index (χ4v) is 4.38. The molecule has 0 saturated heterocycles. The molecule has 0 atom stereocenters. The van der Waals surface area contributed by atoms with Gasteiger partial charge in [-0.25, -0.2) is 5.90 Å². The Morgan fingerprint density at radius 2 is 1.32 bits per heavy atom. The first-order chi connectivity index (χ1) is 20.4. The Balaban J connectivity index is 0. The summed E-state index contributed by atoms with van der Waals surface area (Å²) in [6.45, 7) is 1.49. The van der Waals surface area contributed by atoms with Crippen LogP contribution in [0, 0.1) is 0 Å². The molecule has 0 bridgehead atoms. The summed E-state index contributed by atoms with van der Waals surface area (Å²) in [5.41, 5.74) is 2.41. The van der Waals surface area contributed by atoms with Crippen molar-refractivity contribution in [3.8, 4) is 0 Å². The van der Waals surface area contributed by atoms with Crippen LogP contribution >= 0.6 is 63.7 Å². The molecular formula is C26H25BBr4F3KN6O3. The quantitative estimate of drug-likeness (QED) is 0.123. The fraction of sp³-hybridized carbons (Fsp3) is 0.0769. The third-order valence-corrected chi connectivity index (χ3v) is 6.79. The second-order valence-corrected chi connectivity index (χ2v) is 10.6. The van der Waals surface area contributed by atoms with Gasteiger partial charge in [-0.05, 0) is 69.8 Å². The van der Waals surface area contributed by atoms with E-state index in [4.69, 9.17) is 0 Å². The van der Waals surface area contributed by atoms with E-state index in [2.05, 4.69) is 118 Å². The number of halogens is 7. The standard InChI is InChI=1S/C9H9BrN2O.C8H5BrN2.C6H3Br2NO.C2H3BF3.CH5NO.K/c1-3-7-4-11-6-9(10)8(7)5-12-13-2;9-8-5-11-3-6-1-2-10-4-7(6)8;7-5-1-9-2-6(8)4(5)3-10;1-2-3(4,5)6;1-3-2;/h3-6H,1H2,2H3;1-5H;1-3H;2H,1H2;2H2,1H3;/q;;;-1;;+1/b12-5+;;;;;. The van der Waals surface area contributed by atoms with Crippen molar-refractivity contribution in [1.29, 1.82) is 0 Å². The molecule has 0 fully saturated rings. The van der Waals surface area contributed by atoms with Gasteiger partial charge >= 0.3 is 58.4 Å². The molecule has 0 spiro atoms. The van der Waals surface area contributed by atoms with Crippen LogP contribution in [-0.4, -0.2) is 53.6 Å². The number of oxime groups is 1. The average molecular weight is 896 g/mol. The Morgan fingerprint density at radius 1 is 0.841 bits per heavy atom. The van der Waals surface area contributed by atoms with Gasteiger partial charge in [-0.3, -0.25) is 24.7 Å². The topological polar surface area (TPSA) is 125 Å². The van der Waals surface area contributed by atoms with E-state index >= 15 is 0 Å². The van der Waals surface area contributed by atoms with Crippen molar-refractivity contribution >= 4 is 100 Å². The molecule has 44 heavy (non-hydrogen) atoms. The molecule has 0 aliphatic rings. The maximum absolute atomic E-state index is 10.7. The molecule has 230 valence electrons. The predicted molar refractivity (Wildman–Crippen MR) is 179 cm³/mol. The first kappa shape index (κ1) is 44.9. The SMILES string of the molecule is Brc1cncc2ccncc12.C=C[B-](F)(F)F.C=Cc1cncc(Br)c1/C=N/OC.CON.O=Cc1c(Br)cncc1Br.[K+]. The zero-order valence-electron chi connectivity index (χ0n) is 23.7. The summed E-state index contributed by atoms with van der Waals surface area (Å²) >= 11 is 13.1. The minimum Gasteiger partial charge on any atom is -0.445 e. The van der Waals surface area contributed by atoms with Gasteiger partial charge in [-0.2, -0.15) is 5.98 Å². The van der Waals surface area contributed by atoms with Crippen molar-refractivity contribution in [1.82, 2.24) is 19.9 Å². The zero-order chi connectivity index (χ0) is 32.8. The number of nitrogens with two attached hydrogens (primary N) is 1. The number of carbonyl (C=O) groups excluding carboxylic acids is 1. The summed E-state index contributed by atoms with van der Waals surface area (Å²) in [6, 6.07) is 1.94. The summed E-state index contributed by atoms with van der Waals surface area (Å²) < 4.78 is 35.5.